The topological polar surface area (TPSA) is 76.4 Å². The Morgan fingerprint density at radius 2 is 2.10 bits per heavy atom. The first-order valence-corrected chi connectivity index (χ1v) is 6.37. The van der Waals surface area contributed by atoms with Crippen LogP contribution in [0.25, 0.3) is 5.69 Å². The van der Waals surface area contributed by atoms with Gasteiger partial charge in [-0.2, -0.15) is 0 Å². The second-order valence-corrected chi connectivity index (χ2v) is 4.08. The van der Waals surface area contributed by atoms with Crippen molar-refractivity contribution in [3.63, 3.8) is 0 Å². The van der Waals surface area contributed by atoms with Crippen molar-refractivity contribution >= 4 is 5.91 Å². The number of hydrogen-bond donors (Lipinski definition) is 2. The molecule has 1 heterocycles. The highest BCUT2D eigenvalue weighted by Crippen LogP contribution is 2.10. The summed E-state index contributed by atoms with van der Waals surface area (Å²) >= 11 is 0. The van der Waals surface area contributed by atoms with E-state index in [9.17, 15) is 4.79 Å². The summed E-state index contributed by atoms with van der Waals surface area (Å²) in [6.45, 7) is 1.01. The number of aromatic nitrogens is 2. The molecule has 2 rings (SSSR count). The second kappa shape index (κ2) is 7.42. The van der Waals surface area contributed by atoms with Gasteiger partial charge in [0, 0.05) is 12.2 Å². The van der Waals surface area contributed by atoms with E-state index in [0.29, 0.717) is 18.8 Å². The molecule has 1 amide bonds. The molecule has 6 nitrogen and oxygen atoms in total. The number of carbonyl (C=O) groups excluding carboxylic acids is 1. The van der Waals surface area contributed by atoms with Crippen LogP contribution in [0.2, 0.25) is 0 Å². The minimum absolute atomic E-state index is 0.0191. The van der Waals surface area contributed by atoms with E-state index in [4.69, 9.17) is 9.84 Å². The second-order valence-electron chi connectivity index (χ2n) is 4.08. The highest BCUT2D eigenvalue weighted by molar-refractivity contribution is 5.92. The summed E-state index contributed by atoms with van der Waals surface area (Å²) in [6, 6.07) is 9.53. The minimum Gasteiger partial charge on any atom is -0.394 e. The first-order chi connectivity index (χ1) is 9.83. The lowest BCUT2D eigenvalue weighted by atomic mass is 10.3. The van der Waals surface area contributed by atoms with Gasteiger partial charge in [0.1, 0.15) is 5.69 Å². The van der Waals surface area contributed by atoms with E-state index < -0.39 is 0 Å². The summed E-state index contributed by atoms with van der Waals surface area (Å²) < 4.78 is 6.80. The molecule has 0 aliphatic carbocycles. The molecule has 2 N–H and O–H groups in total. The molecule has 0 aliphatic heterocycles. The third-order valence-corrected chi connectivity index (χ3v) is 2.67. The molecule has 0 fully saturated rings. The van der Waals surface area contributed by atoms with E-state index in [1.54, 1.807) is 10.9 Å². The molecule has 0 spiro atoms. The molecule has 0 saturated heterocycles. The molecule has 0 atom stereocenters. The van der Waals surface area contributed by atoms with Crippen LogP contribution in [0.1, 0.15) is 10.5 Å². The number of imidazole rings is 1. The lowest BCUT2D eigenvalue weighted by Gasteiger charge is -2.08. The van der Waals surface area contributed by atoms with E-state index in [1.807, 2.05) is 30.3 Å². The molecule has 0 radical (unpaired) electrons. The van der Waals surface area contributed by atoms with Crippen molar-refractivity contribution < 1.29 is 14.6 Å². The maximum atomic E-state index is 12.1. The predicted octanol–water partition coefficient (Wildman–Crippen LogP) is 0.611. The van der Waals surface area contributed by atoms with Crippen molar-refractivity contribution in [2.45, 2.75) is 0 Å². The summed E-state index contributed by atoms with van der Waals surface area (Å²) in [7, 11) is 0. The number of hydrogen-bond acceptors (Lipinski definition) is 4. The molecule has 0 aliphatic rings. The molecule has 0 saturated carbocycles. The number of nitrogens with one attached hydrogen (secondary N) is 1. The molecule has 106 valence electrons. The number of aliphatic hydroxyl groups is 1. The molecule has 2 aromatic rings. The first-order valence-electron chi connectivity index (χ1n) is 6.37. The van der Waals surface area contributed by atoms with Gasteiger partial charge in [-0.3, -0.25) is 9.36 Å². The van der Waals surface area contributed by atoms with Crippen molar-refractivity contribution in [2.75, 3.05) is 26.4 Å². The van der Waals surface area contributed by atoms with Crippen molar-refractivity contribution in [2.24, 2.45) is 0 Å². The third kappa shape index (κ3) is 3.66. The standard InChI is InChI=1S/C14H17N3O3/c18-7-9-20-8-6-16-14(19)13-10-15-11-17(13)12-4-2-1-3-5-12/h1-5,10-11,18H,6-9H2,(H,16,19). The Hall–Kier alpha value is -2.18. The van der Waals surface area contributed by atoms with E-state index in [2.05, 4.69) is 10.3 Å². The average molecular weight is 275 g/mol. The monoisotopic (exact) mass is 275 g/mol. The van der Waals surface area contributed by atoms with Crippen molar-refractivity contribution in [3.05, 3.63) is 48.5 Å². The number of amides is 1. The quantitative estimate of drug-likeness (QED) is 0.726. The predicted molar refractivity (Wildman–Crippen MR) is 73.8 cm³/mol. The van der Waals surface area contributed by atoms with Crippen LogP contribution >= 0.6 is 0 Å². The summed E-state index contributed by atoms with van der Waals surface area (Å²) in [5.74, 6) is -0.209. The van der Waals surface area contributed by atoms with E-state index in [-0.39, 0.29) is 19.1 Å². The Kier molecular flexibility index (Phi) is 5.28. The van der Waals surface area contributed by atoms with Crippen LogP contribution in [0.15, 0.2) is 42.9 Å². The van der Waals surface area contributed by atoms with Gasteiger partial charge in [0.2, 0.25) is 0 Å². The highest BCUT2D eigenvalue weighted by atomic mass is 16.5. The van der Waals surface area contributed by atoms with Crippen LogP contribution in [-0.4, -0.2) is 46.9 Å². The van der Waals surface area contributed by atoms with Gasteiger partial charge in [0.05, 0.1) is 32.3 Å². The largest absolute Gasteiger partial charge is 0.394 e. The van der Waals surface area contributed by atoms with Gasteiger partial charge in [-0.05, 0) is 12.1 Å². The maximum absolute atomic E-state index is 12.1. The first kappa shape index (κ1) is 14.2. The molecular formula is C14H17N3O3. The Bertz CT molecular complexity index is 540. The van der Waals surface area contributed by atoms with Crippen LogP contribution in [-0.2, 0) is 4.74 Å². The van der Waals surface area contributed by atoms with Crippen molar-refractivity contribution in [1.82, 2.24) is 14.9 Å². The minimum atomic E-state index is -0.209. The number of carbonyl (C=O) groups is 1. The summed E-state index contributed by atoms with van der Waals surface area (Å²) in [4.78, 5) is 16.1. The fourth-order valence-corrected chi connectivity index (χ4v) is 1.75. The normalized spacial score (nSPS) is 10.4. The zero-order chi connectivity index (χ0) is 14.2. The van der Waals surface area contributed by atoms with E-state index >= 15 is 0 Å². The molecule has 20 heavy (non-hydrogen) atoms. The van der Waals surface area contributed by atoms with Crippen LogP contribution < -0.4 is 5.32 Å². The van der Waals surface area contributed by atoms with Crippen LogP contribution in [0.4, 0.5) is 0 Å². The molecule has 1 aromatic heterocycles. The lowest BCUT2D eigenvalue weighted by Crippen LogP contribution is -2.29. The van der Waals surface area contributed by atoms with Gasteiger partial charge < -0.3 is 15.2 Å². The summed E-state index contributed by atoms with van der Waals surface area (Å²) in [5, 5.41) is 11.3. The van der Waals surface area contributed by atoms with Crippen LogP contribution in [0.5, 0.6) is 0 Å². The van der Waals surface area contributed by atoms with Crippen molar-refractivity contribution in [1.29, 1.82) is 0 Å². The highest BCUT2D eigenvalue weighted by Gasteiger charge is 2.12. The Morgan fingerprint density at radius 1 is 1.30 bits per heavy atom. The average Bonchev–Trinajstić information content (AvgIpc) is 2.97. The molecule has 6 heteroatoms. The summed E-state index contributed by atoms with van der Waals surface area (Å²) in [6.07, 6.45) is 3.13. The van der Waals surface area contributed by atoms with Crippen LogP contribution in [0, 0.1) is 0 Å². The summed E-state index contributed by atoms with van der Waals surface area (Å²) in [5.41, 5.74) is 1.35. The Labute approximate surface area is 117 Å². The van der Waals surface area contributed by atoms with Crippen molar-refractivity contribution in [3.8, 4) is 5.69 Å². The lowest BCUT2D eigenvalue weighted by molar-refractivity contribution is 0.0834. The zero-order valence-corrected chi connectivity index (χ0v) is 11.0. The smallest absolute Gasteiger partial charge is 0.270 e. The Balaban J connectivity index is 1.96. The SMILES string of the molecule is O=C(NCCOCCO)c1cncn1-c1ccccc1. The van der Waals surface area contributed by atoms with Gasteiger partial charge in [0.15, 0.2) is 0 Å². The van der Waals surface area contributed by atoms with Gasteiger partial charge in [0.25, 0.3) is 5.91 Å². The Morgan fingerprint density at radius 3 is 2.85 bits per heavy atom. The van der Waals surface area contributed by atoms with E-state index in [0.717, 1.165) is 5.69 Å². The number of rotatable bonds is 7. The molecule has 1 aromatic carbocycles. The van der Waals surface area contributed by atoms with Gasteiger partial charge >= 0.3 is 0 Å². The number of ether oxygens (including phenoxy) is 1. The van der Waals surface area contributed by atoms with Crippen LogP contribution in [0.3, 0.4) is 0 Å². The fourth-order valence-electron chi connectivity index (χ4n) is 1.75. The zero-order valence-electron chi connectivity index (χ0n) is 11.0. The fraction of sp³-hybridized carbons (Fsp3) is 0.286. The van der Waals surface area contributed by atoms with E-state index in [1.165, 1.54) is 6.20 Å². The molecule has 0 unspecified atom stereocenters. The molecule has 0 bridgehead atoms. The van der Waals surface area contributed by atoms with Gasteiger partial charge in [-0.1, -0.05) is 18.2 Å². The number of benzene rings is 1. The number of para-hydroxylation sites is 1. The number of nitrogens with zero attached hydrogens (tertiary/aromatic N) is 2. The maximum Gasteiger partial charge on any atom is 0.270 e. The van der Waals surface area contributed by atoms with Gasteiger partial charge in [-0.15, -0.1) is 0 Å². The third-order valence-electron chi connectivity index (χ3n) is 2.67. The molecular weight excluding hydrogens is 258 g/mol. The van der Waals surface area contributed by atoms with Gasteiger partial charge in [-0.25, -0.2) is 4.98 Å². The number of aliphatic hydroxyl groups excluding tert-OH is 1.